The molecule has 0 radical (unpaired) electrons. The number of anilines is 2. The van der Waals surface area contributed by atoms with Crippen LogP contribution in [0.2, 0.25) is 0 Å². The fourth-order valence-electron chi connectivity index (χ4n) is 2.96. The number of benzene rings is 2. The smallest absolute Gasteiger partial charge is 0.261 e. The van der Waals surface area contributed by atoms with Crippen LogP contribution in [0.5, 0.6) is 5.75 Å². The number of para-hydroxylation sites is 2. The van der Waals surface area contributed by atoms with Gasteiger partial charge in [-0.1, -0.05) is 36.4 Å². The molecule has 28 heavy (non-hydrogen) atoms. The second-order valence-corrected chi connectivity index (χ2v) is 6.17. The predicted molar refractivity (Wildman–Crippen MR) is 111 cm³/mol. The normalized spacial score (nSPS) is 10.4. The SMILES string of the molecule is CCN(C(=O)c1cnc(NCCc2ccccc2OC)nc1)c1ccccc1. The van der Waals surface area contributed by atoms with Gasteiger partial charge in [0.15, 0.2) is 0 Å². The molecule has 2 aromatic carbocycles. The zero-order valence-corrected chi connectivity index (χ0v) is 16.1. The highest BCUT2D eigenvalue weighted by atomic mass is 16.5. The van der Waals surface area contributed by atoms with Crippen LogP contribution in [0.25, 0.3) is 0 Å². The van der Waals surface area contributed by atoms with Crippen LogP contribution in [-0.2, 0) is 6.42 Å². The van der Waals surface area contributed by atoms with Gasteiger partial charge in [-0.15, -0.1) is 0 Å². The Labute approximate surface area is 165 Å². The molecular formula is C22H24N4O2. The first kappa shape index (κ1) is 19.4. The molecule has 0 spiro atoms. The topological polar surface area (TPSA) is 67.4 Å². The molecule has 0 saturated carbocycles. The standard InChI is InChI=1S/C22H24N4O2/c1-3-26(19-10-5-4-6-11-19)21(27)18-15-24-22(25-16-18)23-14-13-17-9-7-8-12-20(17)28-2/h4-12,15-16H,3,13-14H2,1-2H3,(H,23,24,25). The molecule has 1 heterocycles. The lowest BCUT2D eigenvalue weighted by Crippen LogP contribution is -2.30. The van der Waals surface area contributed by atoms with Gasteiger partial charge in [0.25, 0.3) is 5.91 Å². The summed E-state index contributed by atoms with van der Waals surface area (Å²) in [5, 5.41) is 3.18. The van der Waals surface area contributed by atoms with Gasteiger partial charge in [-0.3, -0.25) is 4.79 Å². The van der Waals surface area contributed by atoms with Crippen molar-refractivity contribution in [2.45, 2.75) is 13.3 Å². The van der Waals surface area contributed by atoms with Gasteiger partial charge in [0.1, 0.15) is 5.75 Å². The lowest BCUT2D eigenvalue weighted by molar-refractivity contribution is 0.0987. The molecule has 0 aliphatic rings. The molecule has 0 saturated heterocycles. The zero-order valence-electron chi connectivity index (χ0n) is 16.1. The zero-order chi connectivity index (χ0) is 19.8. The molecule has 0 aliphatic carbocycles. The van der Waals surface area contributed by atoms with E-state index >= 15 is 0 Å². The number of aromatic nitrogens is 2. The monoisotopic (exact) mass is 376 g/mol. The molecule has 3 aromatic rings. The number of carbonyl (C=O) groups excluding carboxylic acids is 1. The van der Waals surface area contributed by atoms with E-state index in [0.29, 0.717) is 24.6 Å². The predicted octanol–water partition coefficient (Wildman–Crippen LogP) is 3.81. The minimum atomic E-state index is -0.116. The molecule has 3 rings (SSSR count). The third-order valence-electron chi connectivity index (χ3n) is 4.40. The van der Waals surface area contributed by atoms with E-state index in [0.717, 1.165) is 23.4 Å². The van der Waals surface area contributed by atoms with Gasteiger partial charge in [-0.25, -0.2) is 9.97 Å². The number of carbonyl (C=O) groups is 1. The Bertz CT molecular complexity index is 898. The van der Waals surface area contributed by atoms with Crippen LogP contribution in [0.1, 0.15) is 22.8 Å². The Kier molecular flexibility index (Phi) is 6.57. The maximum atomic E-state index is 12.8. The number of hydrogen-bond donors (Lipinski definition) is 1. The summed E-state index contributed by atoms with van der Waals surface area (Å²) in [5.41, 5.74) is 2.43. The molecule has 0 bridgehead atoms. The van der Waals surface area contributed by atoms with Crippen molar-refractivity contribution in [1.82, 2.24) is 9.97 Å². The van der Waals surface area contributed by atoms with Crippen LogP contribution in [0.4, 0.5) is 11.6 Å². The van der Waals surface area contributed by atoms with Gasteiger partial charge < -0.3 is 15.0 Å². The fourth-order valence-corrected chi connectivity index (χ4v) is 2.96. The van der Waals surface area contributed by atoms with Crippen molar-refractivity contribution in [1.29, 1.82) is 0 Å². The van der Waals surface area contributed by atoms with Crippen molar-refractivity contribution in [3.63, 3.8) is 0 Å². The van der Waals surface area contributed by atoms with Gasteiger partial charge in [-0.2, -0.15) is 0 Å². The molecule has 6 heteroatoms. The number of amides is 1. The number of ether oxygens (including phenoxy) is 1. The second-order valence-electron chi connectivity index (χ2n) is 6.17. The summed E-state index contributed by atoms with van der Waals surface area (Å²) >= 11 is 0. The quantitative estimate of drug-likeness (QED) is 0.648. The van der Waals surface area contributed by atoms with Crippen molar-refractivity contribution < 1.29 is 9.53 Å². The van der Waals surface area contributed by atoms with Crippen LogP contribution in [-0.4, -0.2) is 36.1 Å². The van der Waals surface area contributed by atoms with E-state index in [2.05, 4.69) is 15.3 Å². The molecule has 0 unspecified atom stereocenters. The first-order valence-electron chi connectivity index (χ1n) is 9.27. The van der Waals surface area contributed by atoms with Gasteiger partial charge in [0.2, 0.25) is 5.95 Å². The molecule has 0 atom stereocenters. The fraction of sp³-hybridized carbons (Fsp3) is 0.227. The van der Waals surface area contributed by atoms with Crippen LogP contribution in [0.3, 0.4) is 0 Å². The van der Waals surface area contributed by atoms with Crippen molar-refractivity contribution in [3.8, 4) is 5.75 Å². The maximum absolute atomic E-state index is 12.8. The largest absolute Gasteiger partial charge is 0.496 e. The van der Waals surface area contributed by atoms with Gasteiger partial charge in [-0.05, 0) is 37.1 Å². The number of hydrogen-bond acceptors (Lipinski definition) is 5. The van der Waals surface area contributed by atoms with E-state index in [4.69, 9.17) is 4.74 Å². The summed E-state index contributed by atoms with van der Waals surface area (Å²) in [6.07, 6.45) is 3.91. The second kappa shape index (κ2) is 9.50. The average Bonchev–Trinajstić information content (AvgIpc) is 2.76. The van der Waals surface area contributed by atoms with Crippen LogP contribution >= 0.6 is 0 Å². The third-order valence-corrected chi connectivity index (χ3v) is 4.40. The van der Waals surface area contributed by atoms with E-state index in [1.807, 2.05) is 61.5 Å². The number of methoxy groups -OCH3 is 1. The lowest BCUT2D eigenvalue weighted by Gasteiger charge is -2.20. The summed E-state index contributed by atoms with van der Waals surface area (Å²) in [7, 11) is 1.67. The van der Waals surface area contributed by atoms with Gasteiger partial charge in [0.05, 0.1) is 12.7 Å². The number of rotatable bonds is 8. The molecule has 1 aromatic heterocycles. The molecule has 6 nitrogen and oxygen atoms in total. The van der Waals surface area contributed by atoms with E-state index in [1.165, 1.54) is 0 Å². The van der Waals surface area contributed by atoms with Crippen molar-refractivity contribution in [3.05, 3.63) is 78.1 Å². The summed E-state index contributed by atoms with van der Waals surface area (Å²) in [6, 6.07) is 17.5. The van der Waals surface area contributed by atoms with E-state index in [9.17, 15) is 4.79 Å². The van der Waals surface area contributed by atoms with Gasteiger partial charge in [0, 0.05) is 31.2 Å². The first-order valence-corrected chi connectivity index (χ1v) is 9.27. The van der Waals surface area contributed by atoms with Crippen LogP contribution in [0.15, 0.2) is 67.0 Å². The minimum Gasteiger partial charge on any atom is -0.496 e. The molecule has 1 amide bonds. The molecule has 0 aliphatic heterocycles. The van der Waals surface area contributed by atoms with Crippen LogP contribution < -0.4 is 15.0 Å². The van der Waals surface area contributed by atoms with Crippen molar-refractivity contribution in [2.24, 2.45) is 0 Å². The molecule has 0 fully saturated rings. The van der Waals surface area contributed by atoms with E-state index in [1.54, 1.807) is 24.4 Å². The van der Waals surface area contributed by atoms with Crippen molar-refractivity contribution >= 4 is 17.5 Å². The first-order chi connectivity index (χ1) is 13.7. The van der Waals surface area contributed by atoms with E-state index in [-0.39, 0.29) is 5.91 Å². The molecular weight excluding hydrogens is 352 g/mol. The summed E-state index contributed by atoms with van der Waals surface area (Å²) in [6.45, 7) is 3.18. The summed E-state index contributed by atoms with van der Waals surface area (Å²) in [5.74, 6) is 1.25. The Morgan fingerprint density at radius 3 is 2.39 bits per heavy atom. The summed E-state index contributed by atoms with van der Waals surface area (Å²) in [4.78, 5) is 23.0. The maximum Gasteiger partial charge on any atom is 0.261 e. The Balaban J connectivity index is 1.60. The van der Waals surface area contributed by atoms with Gasteiger partial charge >= 0.3 is 0 Å². The molecule has 1 N–H and O–H groups in total. The lowest BCUT2D eigenvalue weighted by atomic mass is 10.1. The number of nitrogens with zero attached hydrogens (tertiary/aromatic N) is 3. The van der Waals surface area contributed by atoms with E-state index < -0.39 is 0 Å². The minimum absolute atomic E-state index is 0.116. The highest BCUT2D eigenvalue weighted by Crippen LogP contribution is 2.18. The number of nitrogens with one attached hydrogen (secondary N) is 1. The van der Waals surface area contributed by atoms with Crippen molar-refractivity contribution in [2.75, 3.05) is 30.4 Å². The summed E-state index contributed by atoms with van der Waals surface area (Å²) < 4.78 is 5.36. The molecule has 144 valence electrons. The Hall–Kier alpha value is -3.41. The average molecular weight is 376 g/mol. The third kappa shape index (κ3) is 4.65. The Morgan fingerprint density at radius 2 is 1.71 bits per heavy atom. The Morgan fingerprint density at radius 1 is 1.04 bits per heavy atom. The highest BCUT2D eigenvalue weighted by molar-refractivity contribution is 6.05. The van der Waals surface area contributed by atoms with Crippen LogP contribution in [0, 0.1) is 0 Å². The highest BCUT2D eigenvalue weighted by Gasteiger charge is 2.16.